The molecule has 1 aliphatic heterocycles. The Kier molecular flexibility index (Phi) is 10.8. The van der Waals surface area contributed by atoms with E-state index in [1.807, 2.05) is 6.92 Å². The van der Waals surface area contributed by atoms with Gasteiger partial charge in [0.2, 0.25) is 0 Å². The van der Waals surface area contributed by atoms with Crippen molar-refractivity contribution in [2.24, 2.45) is 0 Å². The largest absolute Gasteiger partial charge is 0.411 e. The van der Waals surface area contributed by atoms with Crippen LogP contribution < -0.4 is 5.32 Å². The van der Waals surface area contributed by atoms with Crippen LogP contribution in [0.4, 0.5) is 18.0 Å². The number of hydrogen-bond acceptors (Lipinski definition) is 4. The fourth-order valence-electron chi connectivity index (χ4n) is 2.53. The number of ether oxygens (including phenoxy) is 2. The standard InChI is InChI=1S/C16H30F3N3O3/c1-2-24-12-4-3-6-20-15(23)22-10-8-21(9-11-22)7-5-13-25-14-16(17,18)19/h2-14H2,1H3,(H,20,23). The Morgan fingerprint density at radius 2 is 1.72 bits per heavy atom. The lowest BCUT2D eigenvalue weighted by atomic mass is 10.3. The van der Waals surface area contributed by atoms with Gasteiger partial charge in [-0.2, -0.15) is 13.2 Å². The molecule has 0 aromatic heterocycles. The Balaban J connectivity index is 2.02. The van der Waals surface area contributed by atoms with Gasteiger partial charge >= 0.3 is 12.2 Å². The summed E-state index contributed by atoms with van der Waals surface area (Å²) in [5.74, 6) is 0. The van der Waals surface area contributed by atoms with E-state index in [-0.39, 0.29) is 12.6 Å². The molecule has 0 unspecified atom stereocenters. The number of urea groups is 1. The van der Waals surface area contributed by atoms with Crippen LogP contribution >= 0.6 is 0 Å². The molecule has 148 valence electrons. The number of carbonyl (C=O) groups excluding carboxylic acids is 1. The number of nitrogens with zero attached hydrogens (tertiary/aromatic N) is 2. The number of halogens is 3. The molecule has 6 nitrogen and oxygen atoms in total. The second-order valence-electron chi connectivity index (χ2n) is 5.99. The van der Waals surface area contributed by atoms with E-state index in [9.17, 15) is 18.0 Å². The van der Waals surface area contributed by atoms with Crippen molar-refractivity contribution >= 4 is 6.03 Å². The minimum Gasteiger partial charge on any atom is -0.382 e. The molecule has 0 spiro atoms. The second-order valence-corrected chi connectivity index (χ2v) is 5.99. The van der Waals surface area contributed by atoms with Crippen LogP contribution in [0.5, 0.6) is 0 Å². The van der Waals surface area contributed by atoms with Crippen molar-refractivity contribution in [2.75, 3.05) is 65.7 Å². The Labute approximate surface area is 147 Å². The number of rotatable bonds is 11. The van der Waals surface area contributed by atoms with E-state index in [0.29, 0.717) is 39.2 Å². The molecular weight excluding hydrogens is 339 g/mol. The fourth-order valence-corrected chi connectivity index (χ4v) is 2.53. The highest BCUT2D eigenvalue weighted by Gasteiger charge is 2.27. The quantitative estimate of drug-likeness (QED) is 0.567. The van der Waals surface area contributed by atoms with Crippen molar-refractivity contribution in [2.45, 2.75) is 32.4 Å². The third kappa shape index (κ3) is 11.2. The van der Waals surface area contributed by atoms with Gasteiger partial charge in [-0.1, -0.05) is 0 Å². The van der Waals surface area contributed by atoms with E-state index in [1.165, 1.54) is 0 Å². The summed E-state index contributed by atoms with van der Waals surface area (Å²) in [6, 6.07) is -0.0513. The number of amides is 2. The Morgan fingerprint density at radius 3 is 2.36 bits per heavy atom. The summed E-state index contributed by atoms with van der Waals surface area (Å²) in [6.07, 6.45) is -1.88. The average molecular weight is 369 g/mol. The molecule has 1 N–H and O–H groups in total. The molecule has 1 aliphatic rings. The van der Waals surface area contributed by atoms with Gasteiger partial charge in [0.1, 0.15) is 6.61 Å². The number of alkyl halides is 3. The van der Waals surface area contributed by atoms with Gasteiger partial charge < -0.3 is 19.7 Å². The van der Waals surface area contributed by atoms with Gasteiger partial charge in [-0.3, -0.25) is 4.90 Å². The molecule has 0 bridgehead atoms. The summed E-state index contributed by atoms with van der Waals surface area (Å²) >= 11 is 0. The average Bonchev–Trinajstić information content (AvgIpc) is 2.57. The predicted molar refractivity (Wildman–Crippen MR) is 88.6 cm³/mol. The minimum absolute atomic E-state index is 0.0513. The van der Waals surface area contributed by atoms with Crippen molar-refractivity contribution < 1.29 is 27.4 Å². The summed E-state index contributed by atoms with van der Waals surface area (Å²) in [5.41, 5.74) is 0. The highest BCUT2D eigenvalue weighted by atomic mass is 19.4. The van der Waals surface area contributed by atoms with E-state index >= 15 is 0 Å². The molecule has 0 aromatic carbocycles. The third-order valence-corrected chi connectivity index (χ3v) is 3.88. The highest BCUT2D eigenvalue weighted by Crippen LogP contribution is 2.14. The monoisotopic (exact) mass is 369 g/mol. The first-order valence-corrected chi connectivity index (χ1v) is 8.89. The first kappa shape index (κ1) is 22.0. The molecule has 0 radical (unpaired) electrons. The number of nitrogens with one attached hydrogen (secondary N) is 1. The molecule has 1 fully saturated rings. The Morgan fingerprint density at radius 1 is 1.04 bits per heavy atom. The van der Waals surface area contributed by atoms with E-state index in [1.54, 1.807) is 4.90 Å². The lowest BCUT2D eigenvalue weighted by Gasteiger charge is -2.34. The van der Waals surface area contributed by atoms with Crippen LogP contribution in [0.1, 0.15) is 26.2 Å². The molecule has 25 heavy (non-hydrogen) atoms. The smallest absolute Gasteiger partial charge is 0.382 e. The molecular formula is C16H30F3N3O3. The van der Waals surface area contributed by atoms with E-state index in [2.05, 4.69) is 15.0 Å². The first-order valence-electron chi connectivity index (χ1n) is 8.89. The zero-order valence-corrected chi connectivity index (χ0v) is 14.9. The molecule has 0 aromatic rings. The normalized spacial score (nSPS) is 16.2. The predicted octanol–water partition coefficient (Wildman–Crippen LogP) is 2.10. The maximum Gasteiger partial charge on any atom is 0.411 e. The van der Waals surface area contributed by atoms with Crippen LogP contribution in [-0.4, -0.2) is 87.7 Å². The van der Waals surface area contributed by atoms with Crippen molar-refractivity contribution in [1.29, 1.82) is 0 Å². The third-order valence-electron chi connectivity index (χ3n) is 3.88. The van der Waals surface area contributed by atoms with Crippen molar-refractivity contribution in [3.8, 4) is 0 Å². The van der Waals surface area contributed by atoms with Crippen LogP contribution in [0.2, 0.25) is 0 Å². The van der Waals surface area contributed by atoms with Crippen LogP contribution in [-0.2, 0) is 9.47 Å². The molecule has 9 heteroatoms. The van der Waals surface area contributed by atoms with Gasteiger partial charge in [-0.15, -0.1) is 0 Å². The van der Waals surface area contributed by atoms with Crippen LogP contribution in [0.3, 0.4) is 0 Å². The van der Waals surface area contributed by atoms with Gasteiger partial charge in [-0.25, -0.2) is 4.79 Å². The van der Waals surface area contributed by atoms with Gasteiger partial charge in [0, 0.05) is 59.1 Å². The molecule has 0 saturated carbocycles. The van der Waals surface area contributed by atoms with Gasteiger partial charge in [0.15, 0.2) is 0 Å². The van der Waals surface area contributed by atoms with E-state index in [0.717, 1.165) is 32.5 Å². The second kappa shape index (κ2) is 12.3. The molecule has 0 aliphatic carbocycles. The topological polar surface area (TPSA) is 54.0 Å². The maximum atomic E-state index is 12.0. The molecule has 1 rings (SSSR count). The summed E-state index contributed by atoms with van der Waals surface area (Å²) in [4.78, 5) is 15.9. The van der Waals surface area contributed by atoms with E-state index in [4.69, 9.17) is 4.74 Å². The summed E-state index contributed by atoms with van der Waals surface area (Å²) in [5, 5.41) is 2.90. The van der Waals surface area contributed by atoms with Crippen LogP contribution in [0.25, 0.3) is 0 Å². The van der Waals surface area contributed by atoms with Crippen molar-refractivity contribution in [3.63, 3.8) is 0 Å². The minimum atomic E-state index is -4.26. The van der Waals surface area contributed by atoms with Gasteiger partial charge in [-0.05, 0) is 26.2 Å². The van der Waals surface area contributed by atoms with Crippen LogP contribution in [0.15, 0.2) is 0 Å². The SMILES string of the molecule is CCOCCCCNC(=O)N1CCN(CCCOCC(F)(F)F)CC1. The zero-order valence-electron chi connectivity index (χ0n) is 14.9. The summed E-state index contributed by atoms with van der Waals surface area (Å²) in [7, 11) is 0. The Hall–Kier alpha value is -1.06. The zero-order chi connectivity index (χ0) is 18.5. The maximum absolute atomic E-state index is 12.0. The van der Waals surface area contributed by atoms with Gasteiger partial charge in [0.05, 0.1) is 0 Å². The molecule has 2 amide bonds. The van der Waals surface area contributed by atoms with E-state index < -0.39 is 12.8 Å². The molecule has 1 heterocycles. The number of hydrogen-bond donors (Lipinski definition) is 1. The number of piperazine rings is 1. The van der Waals surface area contributed by atoms with Crippen LogP contribution in [0, 0.1) is 0 Å². The fraction of sp³-hybridized carbons (Fsp3) is 0.938. The van der Waals surface area contributed by atoms with Gasteiger partial charge in [0.25, 0.3) is 0 Å². The molecule has 0 atom stereocenters. The summed E-state index contributed by atoms with van der Waals surface area (Å²) in [6.45, 7) is 6.36. The lowest BCUT2D eigenvalue weighted by molar-refractivity contribution is -0.174. The number of unbranched alkanes of at least 4 members (excludes halogenated alkanes) is 1. The first-order chi connectivity index (χ1) is 11.9. The molecule has 1 saturated heterocycles. The Bertz CT molecular complexity index is 362. The highest BCUT2D eigenvalue weighted by molar-refractivity contribution is 5.74. The summed E-state index contributed by atoms with van der Waals surface area (Å²) < 4.78 is 45.6. The lowest BCUT2D eigenvalue weighted by Crippen LogP contribution is -2.52. The van der Waals surface area contributed by atoms with Crippen molar-refractivity contribution in [3.05, 3.63) is 0 Å². The van der Waals surface area contributed by atoms with Crippen molar-refractivity contribution in [1.82, 2.24) is 15.1 Å². The number of carbonyl (C=O) groups is 1.